The highest BCUT2D eigenvalue weighted by atomic mass is 35.5. The summed E-state index contributed by atoms with van der Waals surface area (Å²) in [6.07, 6.45) is 0. The Morgan fingerprint density at radius 3 is 2.10 bits per heavy atom. The molecule has 0 atom stereocenters. The Hall–Kier alpha value is -3.11. The highest BCUT2D eigenvalue weighted by Crippen LogP contribution is 2.30. The fourth-order valence-corrected chi connectivity index (χ4v) is 4.14. The Morgan fingerprint density at radius 1 is 0.655 bits per heavy atom. The van der Waals surface area contributed by atoms with E-state index in [2.05, 4.69) is 46.2 Å². The highest BCUT2D eigenvalue weighted by molar-refractivity contribution is 6.33. The van der Waals surface area contributed by atoms with Crippen LogP contribution in [0.1, 0.15) is 0 Å². The maximum Gasteiger partial charge on any atom is 0.162 e. The zero-order chi connectivity index (χ0) is 19.6. The summed E-state index contributed by atoms with van der Waals surface area (Å²) < 4.78 is 0. The number of aromatic nitrogens is 2. The van der Waals surface area contributed by atoms with Gasteiger partial charge in [0, 0.05) is 37.1 Å². The number of nitrogens with zero attached hydrogens (tertiary/aromatic N) is 4. The predicted octanol–water partition coefficient (Wildman–Crippen LogP) is 5.28. The Bertz CT molecular complexity index is 1140. The van der Waals surface area contributed by atoms with Gasteiger partial charge < -0.3 is 9.80 Å². The molecule has 1 aromatic heterocycles. The van der Waals surface area contributed by atoms with Crippen LogP contribution in [0.25, 0.3) is 22.3 Å². The summed E-state index contributed by atoms with van der Waals surface area (Å²) >= 11 is 6.40. The quantitative estimate of drug-likeness (QED) is 0.468. The van der Waals surface area contributed by atoms with E-state index in [1.807, 2.05) is 42.5 Å². The number of hydrogen-bond acceptors (Lipinski definition) is 4. The smallest absolute Gasteiger partial charge is 0.162 e. The maximum absolute atomic E-state index is 6.40. The number of halogens is 1. The Morgan fingerprint density at radius 2 is 1.31 bits per heavy atom. The molecule has 144 valence electrons. The van der Waals surface area contributed by atoms with Crippen LogP contribution in [0.2, 0.25) is 5.02 Å². The van der Waals surface area contributed by atoms with Crippen LogP contribution >= 0.6 is 11.6 Å². The van der Waals surface area contributed by atoms with Crippen molar-refractivity contribution in [2.45, 2.75) is 0 Å². The second-order valence-electron chi connectivity index (χ2n) is 7.18. The topological polar surface area (TPSA) is 32.3 Å². The minimum atomic E-state index is 0.771. The summed E-state index contributed by atoms with van der Waals surface area (Å²) in [7, 11) is 0. The first kappa shape index (κ1) is 18.0. The normalized spacial score (nSPS) is 14.4. The average molecular weight is 401 g/mol. The van der Waals surface area contributed by atoms with Gasteiger partial charge in [-0.05, 0) is 24.3 Å². The number of fused-ring (bicyclic) bond motifs is 1. The molecule has 0 unspecified atom stereocenters. The average Bonchev–Trinajstić information content (AvgIpc) is 2.79. The van der Waals surface area contributed by atoms with Gasteiger partial charge in [0.05, 0.1) is 16.2 Å². The molecule has 0 N–H and O–H groups in total. The number of piperazine rings is 1. The molecular weight excluding hydrogens is 380 g/mol. The zero-order valence-corrected chi connectivity index (χ0v) is 16.8. The van der Waals surface area contributed by atoms with Crippen LogP contribution in [-0.2, 0) is 0 Å². The number of rotatable bonds is 3. The molecule has 1 fully saturated rings. The van der Waals surface area contributed by atoms with Gasteiger partial charge in [0.2, 0.25) is 0 Å². The van der Waals surface area contributed by atoms with E-state index in [1.165, 1.54) is 0 Å². The van der Waals surface area contributed by atoms with E-state index < -0.39 is 0 Å². The monoisotopic (exact) mass is 400 g/mol. The molecule has 29 heavy (non-hydrogen) atoms. The molecule has 0 amide bonds. The van der Waals surface area contributed by atoms with Crippen LogP contribution in [0, 0.1) is 0 Å². The molecule has 0 radical (unpaired) electrons. The van der Waals surface area contributed by atoms with Crippen molar-refractivity contribution in [2.24, 2.45) is 0 Å². The van der Waals surface area contributed by atoms with Gasteiger partial charge in [-0.3, -0.25) is 0 Å². The minimum absolute atomic E-state index is 0.771. The molecule has 0 aliphatic carbocycles. The highest BCUT2D eigenvalue weighted by Gasteiger charge is 2.22. The summed E-state index contributed by atoms with van der Waals surface area (Å²) in [5, 5.41) is 1.90. The zero-order valence-electron chi connectivity index (χ0n) is 16.0. The second-order valence-corrected chi connectivity index (χ2v) is 7.59. The molecule has 0 bridgehead atoms. The van der Waals surface area contributed by atoms with E-state index in [-0.39, 0.29) is 0 Å². The third-order valence-corrected chi connectivity index (χ3v) is 5.71. The lowest BCUT2D eigenvalue weighted by molar-refractivity contribution is 0.649. The standard InChI is InChI=1S/C24H21ClN4/c25-20-11-5-7-13-22(20)28-14-16-29(17-15-28)24-19-10-4-6-12-21(19)26-23(27-24)18-8-2-1-3-9-18/h1-13H,14-17H2. The largest absolute Gasteiger partial charge is 0.367 e. The van der Waals surface area contributed by atoms with E-state index in [1.54, 1.807) is 0 Å². The van der Waals surface area contributed by atoms with Crippen molar-refractivity contribution in [1.82, 2.24) is 9.97 Å². The van der Waals surface area contributed by atoms with Gasteiger partial charge in [-0.15, -0.1) is 0 Å². The second kappa shape index (κ2) is 7.72. The molecule has 1 aliphatic rings. The van der Waals surface area contributed by atoms with E-state index in [4.69, 9.17) is 21.6 Å². The van der Waals surface area contributed by atoms with Crippen LogP contribution in [0.3, 0.4) is 0 Å². The fourth-order valence-electron chi connectivity index (χ4n) is 3.88. The first-order chi connectivity index (χ1) is 14.3. The molecule has 5 rings (SSSR count). The SMILES string of the molecule is Clc1ccccc1N1CCN(c2nc(-c3ccccc3)nc3ccccc23)CC1. The molecular formula is C24H21ClN4. The van der Waals surface area contributed by atoms with Crippen molar-refractivity contribution in [2.75, 3.05) is 36.0 Å². The van der Waals surface area contributed by atoms with Gasteiger partial charge in [0.25, 0.3) is 0 Å². The fraction of sp³-hybridized carbons (Fsp3) is 0.167. The number of benzene rings is 3. The van der Waals surface area contributed by atoms with Crippen LogP contribution in [0.15, 0.2) is 78.9 Å². The van der Waals surface area contributed by atoms with E-state index in [0.717, 1.165) is 65.0 Å². The molecule has 4 nitrogen and oxygen atoms in total. The summed E-state index contributed by atoms with van der Waals surface area (Å²) in [6, 6.07) is 26.5. The van der Waals surface area contributed by atoms with Gasteiger partial charge in [-0.1, -0.05) is 66.2 Å². The summed E-state index contributed by atoms with van der Waals surface area (Å²) in [4.78, 5) is 14.5. The van der Waals surface area contributed by atoms with Gasteiger partial charge in [-0.25, -0.2) is 9.97 Å². The van der Waals surface area contributed by atoms with Gasteiger partial charge in [0.15, 0.2) is 5.82 Å². The predicted molar refractivity (Wildman–Crippen MR) is 121 cm³/mol. The molecule has 5 heteroatoms. The van der Waals surface area contributed by atoms with Crippen LogP contribution < -0.4 is 9.80 Å². The molecule has 1 aliphatic heterocycles. The van der Waals surface area contributed by atoms with Gasteiger partial charge >= 0.3 is 0 Å². The van der Waals surface area contributed by atoms with E-state index in [9.17, 15) is 0 Å². The Kier molecular flexibility index (Phi) is 4.78. The van der Waals surface area contributed by atoms with E-state index in [0.29, 0.717) is 0 Å². The van der Waals surface area contributed by atoms with Crippen LogP contribution in [0.5, 0.6) is 0 Å². The minimum Gasteiger partial charge on any atom is -0.367 e. The third-order valence-electron chi connectivity index (χ3n) is 5.39. The molecule has 0 saturated carbocycles. The first-order valence-electron chi connectivity index (χ1n) is 9.86. The summed E-state index contributed by atoms with van der Waals surface area (Å²) in [5.74, 6) is 1.78. The number of hydrogen-bond donors (Lipinski definition) is 0. The Balaban J connectivity index is 1.48. The molecule has 0 spiro atoms. The lowest BCUT2D eigenvalue weighted by Crippen LogP contribution is -2.47. The number of anilines is 2. The third kappa shape index (κ3) is 3.52. The molecule has 1 saturated heterocycles. The van der Waals surface area contributed by atoms with Crippen molar-refractivity contribution in [3.8, 4) is 11.4 Å². The van der Waals surface area contributed by atoms with Crippen molar-refractivity contribution < 1.29 is 0 Å². The van der Waals surface area contributed by atoms with Crippen molar-refractivity contribution in [1.29, 1.82) is 0 Å². The summed E-state index contributed by atoms with van der Waals surface area (Å²) in [5.41, 5.74) is 3.12. The van der Waals surface area contributed by atoms with Gasteiger partial charge in [-0.2, -0.15) is 0 Å². The molecule has 4 aromatic rings. The molecule has 3 aromatic carbocycles. The lowest BCUT2D eigenvalue weighted by atomic mass is 10.1. The van der Waals surface area contributed by atoms with Crippen molar-refractivity contribution in [3.63, 3.8) is 0 Å². The molecule has 2 heterocycles. The number of para-hydroxylation sites is 2. The van der Waals surface area contributed by atoms with Crippen LogP contribution in [0.4, 0.5) is 11.5 Å². The van der Waals surface area contributed by atoms with E-state index >= 15 is 0 Å². The Labute approximate surface area is 175 Å². The summed E-state index contributed by atoms with van der Waals surface area (Å²) in [6.45, 7) is 3.59. The van der Waals surface area contributed by atoms with Gasteiger partial charge in [0.1, 0.15) is 5.82 Å². The van der Waals surface area contributed by atoms with Crippen LogP contribution in [-0.4, -0.2) is 36.1 Å². The van der Waals surface area contributed by atoms with Crippen molar-refractivity contribution in [3.05, 3.63) is 83.9 Å². The van der Waals surface area contributed by atoms with Crippen molar-refractivity contribution >= 4 is 34.0 Å². The first-order valence-corrected chi connectivity index (χ1v) is 10.2. The lowest BCUT2D eigenvalue weighted by Gasteiger charge is -2.37. The maximum atomic E-state index is 6.40.